The third-order valence-corrected chi connectivity index (χ3v) is 7.03. The van der Waals surface area contributed by atoms with Crippen molar-refractivity contribution >= 4 is 28.3 Å². The first-order chi connectivity index (χ1) is 3.12. The summed E-state index contributed by atoms with van der Waals surface area (Å²) in [6.07, 6.45) is 0. The molecule has 0 spiro atoms. The zero-order valence-electron chi connectivity index (χ0n) is 4.02. The largest absolute Gasteiger partial charge is 0.261 e. The van der Waals surface area contributed by atoms with Crippen molar-refractivity contribution in [1.29, 1.82) is 0 Å². The molecule has 0 rings (SSSR count). The third-order valence-electron chi connectivity index (χ3n) is 0.606. The lowest BCUT2D eigenvalue weighted by Gasteiger charge is -1.87. The van der Waals surface area contributed by atoms with E-state index in [4.69, 9.17) is 11.1 Å². The minimum atomic E-state index is -2.75. The Morgan fingerprint density at radius 1 is 1.71 bits per heavy atom. The standard InChI is InChI=1S/C2H7ClO2SSi/c1-2-6(4,5)7-3/h2,7H2,1H3. The second-order valence-corrected chi connectivity index (χ2v) is 8.68. The van der Waals surface area contributed by atoms with Crippen LogP contribution in [-0.4, -0.2) is 22.1 Å². The molecule has 0 saturated heterocycles. The van der Waals surface area contributed by atoms with Gasteiger partial charge in [-0.05, 0) is 0 Å². The van der Waals surface area contributed by atoms with Crippen LogP contribution in [0.15, 0.2) is 0 Å². The lowest BCUT2D eigenvalue weighted by molar-refractivity contribution is 0.610. The molecule has 5 heteroatoms. The van der Waals surface area contributed by atoms with E-state index in [1.165, 1.54) is 0 Å². The fourth-order valence-corrected chi connectivity index (χ4v) is 2.08. The van der Waals surface area contributed by atoms with Gasteiger partial charge in [0.1, 0.15) is 9.29 Å². The molecule has 0 fully saturated rings. The van der Waals surface area contributed by atoms with Gasteiger partial charge in [0.25, 0.3) is 7.98 Å². The lowest BCUT2D eigenvalue weighted by Crippen LogP contribution is -2.06. The molecule has 0 aliphatic rings. The molecular weight excluding hydrogens is 152 g/mol. The molecule has 2 nitrogen and oxygen atoms in total. The van der Waals surface area contributed by atoms with Crippen molar-refractivity contribution in [2.75, 3.05) is 5.75 Å². The summed E-state index contributed by atoms with van der Waals surface area (Å²) >= 11 is 5.14. The number of rotatable bonds is 2. The van der Waals surface area contributed by atoms with Crippen LogP contribution in [0.5, 0.6) is 0 Å². The van der Waals surface area contributed by atoms with Gasteiger partial charge in [0, 0.05) is 5.75 Å². The maximum Gasteiger partial charge on any atom is 0.261 e. The van der Waals surface area contributed by atoms with Crippen LogP contribution in [0.25, 0.3) is 0 Å². The summed E-state index contributed by atoms with van der Waals surface area (Å²) in [4.78, 5) is 0. The Labute approximate surface area is 50.0 Å². The van der Waals surface area contributed by atoms with Gasteiger partial charge in [-0.1, -0.05) is 6.92 Å². The smallest absolute Gasteiger partial charge is 0.235 e. The Balaban J connectivity index is 3.89. The van der Waals surface area contributed by atoms with Gasteiger partial charge in [-0.2, -0.15) is 11.1 Å². The monoisotopic (exact) mass is 158 g/mol. The number of halogens is 1. The topological polar surface area (TPSA) is 34.1 Å². The van der Waals surface area contributed by atoms with Gasteiger partial charge in [-0.15, -0.1) is 0 Å². The maximum atomic E-state index is 10.3. The van der Waals surface area contributed by atoms with Crippen LogP contribution >= 0.6 is 11.1 Å². The van der Waals surface area contributed by atoms with Gasteiger partial charge >= 0.3 is 0 Å². The highest BCUT2D eigenvalue weighted by molar-refractivity contribution is 8.19. The summed E-state index contributed by atoms with van der Waals surface area (Å²) in [5, 5.41) is 0. The molecule has 7 heavy (non-hydrogen) atoms. The number of hydrogen-bond acceptors (Lipinski definition) is 2. The second-order valence-electron chi connectivity index (χ2n) is 1.14. The summed E-state index contributed by atoms with van der Waals surface area (Å²) in [6.45, 7) is 1.60. The first-order valence-electron chi connectivity index (χ1n) is 1.89. The summed E-state index contributed by atoms with van der Waals surface area (Å²) in [5.41, 5.74) is 0. The van der Waals surface area contributed by atoms with E-state index in [0.717, 1.165) is 0 Å². The van der Waals surface area contributed by atoms with Crippen molar-refractivity contribution in [1.82, 2.24) is 0 Å². The molecule has 0 aromatic carbocycles. The van der Waals surface area contributed by atoms with E-state index < -0.39 is 17.3 Å². The molecule has 0 aromatic heterocycles. The fourth-order valence-electron chi connectivity index (χ4n) is 0.0772. The molecule has 44 valence electrons. The lowest BCUT2D eigenvalue weighted by atomic mass is 11.0. The fraction of sp³-hybridized carbons (Fsp3) is 1.00. The molecule has 0 aliphatic carbocycles. The average molecular weight is 159 g/mol. The highest BCUT2D eigenvalue weighted by atomic mass is 35.6. The molecule has 0 radical (unpaired) electrons. The Kier molecular flexibility index (Phi) is 2.86. The Hall–Kier alpha value is 0.457. The highest BCUT2D eigenvalue weighted by Gasteiger charge is 2.02. The summed E-state index contributed by atoms with van der Waals surface area (Å²) < 4.78 is 20.6. The van der Waals surface area contributed by atoms with E-state index in [0.29, 0.717) is 0 Å². The minimum absolute atomic E-state index is 0.197. The molecule has 0 atom stereocenters. The van der Waals surface area contributed by atoms with Crippen molar-refractivity contribution in [2.24, 2.45) is 0 Å². The van der Waals surface area contributed by atoms with Gasteiger partial charge in [0.2, 0.25) is 0 Å². The van der Waals surface area contributed by atoms with E-state index in [-0.39, 0.29) is 5.75 Å². The SMILES string of the molecule is CCS(=O)(=O)[SiH2]Cl. The Morgan fingerprint density at radius 3 is 2.14 bits per heavy atom. The van der Waals surface area contributed by atoms with Crippen LogP contribution in [-0.2, 0) is 9.29 Å². The molecule has 0 bridgehead atoms. The van der Waals surface area contributed by atoms with E-state index in [1.807, 2.05) is 0 Å². The molecule has 0 aliphatic heterocycles. The molecular formula is C2H7ClO2SSi. The van der Waals surface area contributed by atoms with Gasteiger partial charge < -0.3 is 0 Å². The van der Waals surface area contributed by atoms with Crippen molar-refractivity contribution in [3.05, 3.63) is 0 Å². The molecule has 0 unspecified atom stereocenters. The van der Waals surface area contributed by atoms with Crippen LogP contribution in [0.2, 0.25) is 0 Å². The van der Waals surface area contributed by atoms with Crippen molar-refractivity contribution in [3.8, 4) is 0 Å². The van der Waals surface area contributed by atoms with Crippen LogP contribution in [0.3, 0.4) is 0 Å². The normalized spacial score (nSPS) is 13.4. The van der Waals surface area contributed by atoms with E-state index in [2.05, 4.69) is 0 Å². The van der Waals surface area contributed by atoms with Gasteiger partial charge in [0.05, 0.1) is 0 Å². The second kappa shape index (κ2) is 2.69. The molecule has 0 aromatic rings. The van der Waals surface area contributed by atoms with E-state index in [1.54, 1.807) is 6.92 Å². The molecule has 0 amide bonds. The van der Waals surface area contributed by atoms with Crippen LogP contribution < -0.4 is 0 Å². The molecule has 0 N–H and O–H groups in total. The zero-order chi connectivity index (χ0) is 5.91. The van der Waals surface area contributed by atoms with Crippen LogP contribution in [0.4, 0.5) is 0 Å². The first-order valence-corrected chi connectivity index (χ1v) is 7.58. The predicted octanol–water partition coefficient (Wildman–Crippen LogP) is -0.341. The maximum absolute atomic E-state index is 10.3. The van der Waals surface area contributed by atoms with Crippen LogP contribution in [0.1, 0.15) is 6.92 Å². The zero-order valence-corrected chi connectivity index (χ0v) is 7.00. The van der Waals surface area contributed by atoms with Crippen molar-refractivity contribution < 1.29 is 8.42 Å². The third kappa shape index (κ3) is 3.08. The summed E-state index contributed by atoms with van der Waals surface area (Å²) in [6, 6.07) is 0. The molecule has 0 saturated carbocycles. The average Bonchev–Trinajstić information content (AvgIpc) is 1.68. The van der Waals surface area contributed by atoms with E-state index >= 15 is 0 Å². The van der Waals surface area contributed by atoms with Crippen molar-refractivity contribution in [2.45, 2.75) is 6.92 Å². The Bertz CT molecular complexity index is 119. The Morgan fingerprint density at radius 2 is 2.14 bits per heavy atom. The first kappa shape index (κ1) is 7.46. The van der Waals surface area contributed by atoms with Crippen molar-refractivity contribution in [3.63, 3.8) is 0 Å². The summed E-state index contributed by atoms with van der Waals surface area (Å²) in [5.74, 6) is 0.197. The molecule has 0 heterocycles. The van der Waals surface area contributed by atoms with E-state index in [9.17, 15) is 8.42 Å². The summed E-state index contributed by atoms with van der Waals surface area (Å²) in [7, 11) is -4.07. The van der Waals surface area contributed by atoms with Gasteiger partial charge in [-0.25, -0.2) is 8.42 Å². The highest BCUT2D eigenvalue weighted by Crippen LogP contribution is 1.86. The van der Waals surface area contributed by atoms with Crippen LogP contribution in [0, 0.1) is 0 Å². The number of hydrogen-bond donors (Lipinski definition) is 0. The van der Waals surface area contributed by atoms with Gasteiger partial charge in [0.15, 0.2) is 0 Å². The minimum Gasteiger partial charge on any atom is -0.235 e. The quantitative estimate of drug-likeness (QED) is 0.407. The predicted molar refractivity (Wildman–Crippen MR) is 33.9 cm³/mol. The van der Waals surface area contributed by atoms with Gasteiger partial charge in [-0.3, -0.25) is 0 Å².